The second-order valence-electron chi connectivity index (χ2n) is 4.58. The van der Waals surface area contributed by atoms with Crippen molar-refractivity contribution in [2.24, 2.45) is 0 Å². The van der Waals surface area contributed by atoms with Crippen molar-refractivity contribution in [3.8, 4) is 5.75 Å². The maximum absolute atomic E-state index is 5.63. The highest BCUT2D eigenvalue weighted by atomic mass is 79.9. The predicted octanol–water partition coefficient (Wildman–Crippen LogP) is 4.83. The van der Waals surface area contributed by atoms with Gasteiger partial charge in [-0.3, -0.25) is 0 Å². The van der Waals surface area contributed by atoms with E-state index >= 15 is 0 Å². The van der Waals surface area contributed by atoms with Crippen molar-refractivity contribution in [1.82, 2.24) is 0 Å². The molecule has 2 rings (SSSR count). The van der Waals surface area contributed by atoms with Gasteiger partial charge in [0.1, 0.15) is 5.75 Å². The molecular formula is C16H17BrO. The van der Waals surface area contributed by atoms with E-state index in [1.165, 1.54) is 11.1 Å². The van der Waals surface area contributed by atoms with Crippen LogP contribution in [0.2, 0.25) is 0 Å². The highest BCUT2D eigenvalue weighted by Crippen LogP contribution is 2.21. The highest BCUT2D eigenvalue weighted by molar-refractivity contribution is 9.10. The van der Waals surface area contributed by atoms with Gasteiger partial charge in [0.2, 0.25) is 0 Å². The third-order valence-electron chi connectivity index (χ3n) is 2.65. The monoisotopic (exact) mass is 304 g/mol. The van der Waals surface area contributed by atoms with Crippen LogP contribution in [0.3, 0.4) is 0 Å². The van der Waals surface area contributed by atoms with Crippen LogP contribution < -0.4 is 4.74 Å². The van der Waals surface area contributed by atoms with Crippen molar-refractivity contribution in [3.05, 3.63) is 64.1 Å². The Bertz CT molecular complexity index is 503. The van der Waals surface area contributed by atoms with Gasteiger partial charge in [0.25, 0.3) is 0 Å². The standard InChI is InChI=1S/C16H17BrO/c1-12(2)18-15-9-7-13(8-10-15)11-14-5-3-4-6-16(14)17/h3-10,12H,11H2,1-2H3. The maximum atomic E-state index is 5.63. The molecule has 2 aromatic carbocycles. The highest BCUT2D eigenvalue weighted by Gasteiger charge is 2.02. The van der Waals surface area contributed by atoms with Crippen LogP contribution in [0.25, 0.3) is 0 Å². The van der Waals surface area contributed by atoms with E-state index in [1.54, 1.807) is 0 Å². The summed E-state index contributed by atoms with van der Waals surface area (Å²) in [7, 11) is 0. The van der Waals surface area contributed by atoms with Crippen LogP contribution in [0.5, 0.6) is 5.75 Å². The predicted molar refractivity (Wildman–Crippen MR) is 79.2 cm³/mol. The molecule has 0 saturated heterocycles. The first-order valence-corrected chi connectivity index (χ1v) is 6.93. The number of ether oxygens (including phenoxy) is 1. The molecule has 94 valence electrons. The summed E-state index contributed by atoms with van der Waals surface area (Å²) in [5, 5.41) is 0. The molecule has 0 aromatic heterocycles. The third-order valence-corrected chi connectivity index (χ3v) is 3.42. The first-order valence-electron chi connectivity index (χ1n) is 6.14. The summed E-state index contributed by atoms with van der Waals surface area (Å²) in [6.07, 6.45) is 1.16. The molecule has 1 nitrogen and oxygen atoms in total. The van der Waals surface area contributed by atoms with E-state index in [4.69, 9.17) is 4.74 Å². The fraction of sp³-hybridized carbons (Fsp3) is 0.250. The number of hydrogen-bond acceptors (Lipinski definition) is 1. The van der Waals surface area contributed by atoms with Gasteiger partial charge < -0.3 is 4.74 Å². The molecule has 0 heterocycles. The number of rotatable bonds is 4. The van der Waals surface area contributed by atoms with Gasteiger partial charge in [-0.2, -0.15) is 0 Å². The second kappa shape index (κ2) is 6.05. The largest absolute Gasteiger partial charge is 0.491 e. The van der Waals surface area contributed by atoms with Gasteiger partial charge in [0, 0.05) is 4.47 Å². The molecule has 0 fully saturated rings. The molecule has 0 aliphatic carbocycles. The zero-order chi connectivity index (χ0) is 13.0. The molecule has 0 radical (unpaired) electrons. The fourth-order valence-corrected chi connectivity index (χ4v) is 2.24. The SMILES string of the molecule is CC(C)Oc1ccc(Cc2ccccc2Br)cc1. The van der Waals surface area contributed by atoms with E-state index in [2.05, 4.69) is 46.3 Å². The van der Waals surface area contributed by atoms with Gasteiger partial charge in [-0.25, -0.2) is 0 Å². The summed E-state index contributed by atoms with van der Waals surface area (Å²) in [4.78, 5) is 0. The lowest BCUT2D eigenvalue weighted by Gasteiger charge is -2.10. The molecule has 0 N–H and O–H groups in total. The Kier molecular flexibility index (Phi) is 4.43. The minimum atomic E-state index is 0.221. The van der Waals surface area contributed by atoms with E-state index in [1.807, 2.05) is 32.0 Å². The minimum absolute atomic E-state index is 0.221. The summed E-state index contributed by atoms with van der Waals surface area (Å²) in [6, 6.07) is 16.6. The van der Waals surface area contributed by atoms with Crippen LogP contribution in [0, 0.1) is 0 Å². The molecular weight excluding hydrogens is 288 g/mol. The quantitative estimate of drug-likeness (QED) is 0.786. The third kappa shape index (κ3) is 3.61. The van der Waals surface area contributed by atoms with Gasteiger partial charge in [0.05, 0.1) is 6.10 Å². The lowest BCUT2D eigenvalue weighted by molar-refractivity contribution is 0.242. The summed E-state index contributed by atoms with van der Waals surface area (Å²) in [6.45, 7) is 4.07. The average molecular weight is 305 g/mol. The van der Waals surface area contributed by atoms with E-state index in [-0.39, 0.29) is 6.10 Å². The van der Waals surface area contributed by atoms with E-state index in [0.717, 1.165) is 16.6 Å². The molecule has 0 amide bonds. The Morgan fingerprint density at radius 3 is 2.28 bits per heavy atom. The van der Waals surface area contributed by atoms with E-state index in [0.29, 0.717) is 0 Å². The molecule has 2 heteroatoms. The van der Waals surface area contributed by atoms with Crippen LogP contribution in [-0.2, 0) is 6.42 Å². The lowest BCUT2D eigenvalue weighted by Crippen LogP contribution is -2.05. The molecule has 0 atom stereocenters. The normalized spacial score (nSPS) is 10.7. The zero-order valence-corrected chi connectivity index (χ0v) is 12.3. The fourth-order valence-electron chi connectivity index (χ4n) is 1.82. The summed E-state index contributed by atoms with van der Waals surface area (Å²) in [5.74, 6) is 0.931. The number of halogens is 1. The van der Waals surface area contributed by atoms with Crippen LogP contribution in [0.1, 0.15) is 25.0 Å². The van der Waals surface area contributed by atoms with Crippen molar-refractivity contribution in [1.29, 1.82) is 0 Å². The van der Waals surface area contributed by atoms with Gasteiger partial charge >= 0.3 is 0 Å². The Morgan fingerprint density at radius 2 is 1.67 bits per heavy atom. The lowest BCUT2D eigenvalue weighted by atomic mass is 10.1. The topological polar surface area (TPSA) is 9.23 Å². The molecule has 0 unspecified atom stereocenters. The van der Waals surface area contributed by atoms with Gasteiger partial charge in [0.15, 0.2) is 0 Å². The molecule has 0 bridgehead atoms. The number of hydrogen-bond donors (Lipinski definition) is 0. The van der Waals surface area contributed by atoms with E-state index in [9.17, 15) is 0 Å². The van der Waals surface area contributed by atoms with Crippen LogP contribution in [0.4, 0.5) is 0 Å². The van der Waals surface area contributed by atoms with Gasteiger partial charge in [-0.1, -0.05) is 46.3 Å². The maximum Gasteiger partial charge on any atom is 0.119 e. The van der Waals surface area contributed by atoms with Gasteiger partial charge in [-0.05, 0) is 49.6 Å². The van der Waals surface area contributed by atoms with Crippen molar-refractivity contribution in [2.75, 3.05) is 0 Å². The average Bonchev–Trinajstić information content (AvgIpc) is 2.34. The summed E-state index contributed by atoms with van der Waals surface area (Å²) >= 11 is 3.58. The molecule has 0 saturated carbocycles. The molecule has 0 spiro atoms. The van der Waals surface area contributed by atoms with Gasteiger partial charge in [-0.15, -0.1) is 0 Å². The summed E-state index contributed by atoms with van der Waals surface area (Å²) in [5.41, 5.74) is 2.59. The minimum Gasteiger partial charge on any atom is -0.491 e. The van der Waals surface area contributed by atoms with Crippen molar-refractivity contribution in [3.63, 3.8) is 0 Å². The van der Waals surface area contributed by atoms with Crippen molar-refractivity contribution >= 4 is 15.9 Å². The Morgan fingerprint density at radius 1 is 1.00 bits per heavy atom. The smallest absolute Gasteiger partial charge is 0.119 e. The van der Waals surface area contributed by atoms with Crippen LogP contribution >= 0.6 is 15.9 Å². The van der Waals surface area contributed by atoms with Crippen molar-refractivity contribution in [2.45, 2.75) is 26.4 Å². The molecule has 0 aliphatic rings. The molecule has 2 aromatic rings. The number of benzene rings is 2. The van der Waals surface area contributed by atoms with Crippen LogP contribution in [-0.4, -0.2) is 6.10 Å². The van der Waals surface area contributed by atoms with Crippen LogP contribution in [0.15, 0.2) is 53.0 Å². The Balaban J connectivity index is 2.09. The van der Waals surface area contributed by atoms with E-state index < -0.39 is 0 Å². The Hall–Kier alpha value is -1.28. The second-order valence-corrected chi connectivity index (χ2v) is 5.43. The molecule has 0 aliphatic heterocycles. The summed E-state index contributed by atoms with van der Waals surface area (Å²) < 4.78 is 6.79. The molecule has 18 heavy (non-hydrogen) atoms. The Labute approximate surface area is 117 Å². The first-order chi connectivity index (χ1) is 8.65. The van der Waals surface area contributed by atoms with Crippen molar-refractivity contribution < 1.29 is 4.74 Å². The zero-order valence-electron chi connectivity index (χ0n) is 10.7. The first kappa shape index (κ1) is 13.2.